The van der Waals surface area contributed by atoms with Crippen molar-refractivity contribution in [2.24, 2.45) is 28.6 Å². The number of aliphatic hydroxyl groups is 1. The minimum Gasteiger partial charge on any atom is -0.457 e. The van der Waals surface area contributed by atoms with Gasteiger partial charge in [-0.05, 0) is 87.0 Å². The number of ketones is 2. The van der Waals surface area contributed by atoms with E-state index in [1.165, 1.54) is 0 Å². The van der Waals surface area contributed by atoms with Crippen molar-refractivity contribution >= 4 is 23.5 Å². The van der Waals surface area contributed by atoms with Gasteiger partial charge in [0.25, 0.3) is 15.3 Å². The van der Waals surface area contributed by atoms with E-state index in [0.717, 1.165) is 5.57 Å². The maximum atomic E-state index is 14.2. The molecule has 4 rings (SSSR count). The predicted octanol–water partition coefficient (Wildman–Crippen LogP) is 2.83. The van der Waals surface area contributed by atoms with Crippen LogP contribution in [0, 0.1) is 58.9 Å². The van der Waals surface area contributed by atoms with Gasteiger partial charge in [0, 0.05) is 24.7 Å². The van der Waals surface area contributed by atoms with Gasteiger partial charge in [-0.1, -0.05) is 19.4 Å². The average molecular weight is 714 g/mol. The largest absolute Gasteiger partial charge is 0.457 e. The molecule has 0 aliphatic heterocycles. The number of hydrogen-bond donors (Lipinski definition) is 1. The third-order valence-corrected chi connectivity index (χ3v) is 11.3. The number of ether oxygens (including phenoxy) is 2. The molecule has 0 spiro atoms. The van der Waals surface area contributed by atoms with E-state index in [9.17, 15) is 54.6 Å². The highest BCUT2D eigenvalue weighted by Crippen LogP contribution is 2.68. The van der Waals surface area contributed by atoms with Gasteiger partial charge in [-0.25, -0.2) is 0 Å². The summed E-state index contributed by atoms with van der Waals surface area (Å²) < 4.78 is 11.3. The Labute approximate surface area is 286 Å². The maximum absolute atomic E-state index is 14.2. The van der Waals surface area contributed by atoms with Gasteiger partial charge in [-0.15, -0.1) is 30.3 Å². The molecule has 0 amide bonds. The third kappa shape index (κ3) is 8.13. The van der Waals surface area contributed by atoms with Gasteiger partial charge in [-0.2, -0.15) is 0 Å². The predicted molar refractivity (Wildman–Crippen MR) is 164 cm³/mol. The zero-order valence-corrected chi connectivity index (χ0v) is 28.0. The van der Waals surface area contributed by atoms with Crippen molar-refractivity contribution < 1.29 is 63.5 Å². The number of carbonyl (C=O) groups is 4. The number of Topliss-reactive ketones (excluding diaryl/α,β-unsaturated/α-hetero) is 1. The zero-order valence-electron chi connectivity index (χ0n) is 28.0. The van der Waals surface area contributed by atoms with Crippen molar-refractivity contribution in [1.29, 1.82) is 0 Å². The Morgan fingerprint density at radius 1 is 0.960 bits per heavy atom. The van der Waals surface area contributed by atoms with Crippen LogP contribution in [-0.4, -0.2) is 81.5 Å². The molecule has 0 aromatic rings. The zero-order chi connectivity index (χ0) is 36.9. The van der Waals surface area contributed by atoms with E-state index < -0.39 is 74.8 Å². The first kappa shape index (κ1) is 38.4. The molecule has 1 N–H and O–H groups in total. The number of nitrogens with zero attached hydrogens (tertiary/aromatic N) is 3. The third-order valence-electron chi connectivity index (χ3n) is 11.3. The summed E-state index contributed by atoms with van der Waals surface area (Å²) in [5, 5.41) is 40.2. The summed E-state index contributed by atoms with van der Waals surface area (Å²) in [5.74, 6) is -2.72. The summed E-state index contributed by atoms with van der Waals surface area (Å²) in [6.07, 6.45) is 1.49. The number of allylic oxidation sites excluding steroid dienone is 1. The van der Waals surface area contributed by atoms with E-state index in [1.54, 1.807) is 13.0 Å². The molecular weight excluding hydrogens is 670 g/mol. The van der Waals surface area contributed by atoms with Gasteiger partial charge in [-0.3, -0.25) is 19.2 Å². The molecule has 0 heterocycles. The Balaban J connectivity index is 1.50. The minimum atomic E-state index is -1.80. The molecule has 0 aromatic carbocycles. The van der Waals surface area contributed by atoms with E-state index in [-0.39, 0.29) is 75.1 Å². The van der Waals surface area contributed by atoms with Crippen LogP contribution in [0.1, 0.15) is 90.9 Å². The highest BCUT2D eigenvalue weighted by molar-refractivity contribution is 5.93. The first-order chi connectivity index (χ1) is 23.5. The lowest BCUT2D eigenvalue weighted by atomic mass is 9.45. The van der Waals surface area contributed by atoms with Crippen molar-refractivity contribution in [2.45, 2.75) is 109 Å². The molecule has 0 aromatic heterocycles. The summed E-state index contributed by atoms with van der Waals surface area (Å²) in [4.78, 5) is 96.7. The Kier molecular flexibility index (Phi) is 12.0. The summed E-state index contributed by atoms with van der Waals surface area (Å²) in [6, 6.07) is 0. The van der Waals surface area contributed by atoms with Gasteiger partial charge >= 0.3 is 11.9 Å². The van der Waals surface area contributed by atoms with Crippen LogP contribution in [0.5, 0.6) is 0 Å². The number of esters is 2. The number of carbonyl (C=O) groups excluding carboxylic acids is 4. The van der Waals surface area contributed by atoms with Crippen LogP contribution >= 0.6 is 0 Å². The molecule has 3 unspecified atom stereocenters. The fourth-order valence-electron chi connectivity index (χ4n) is 9.20. The molecule has 0 bridgehead atoms. The van der Waals surface area contributed by atoms with E-state index in [0.29, 0.717) is 32.1 Å². The van der Waals surface area contributed by atoms with Gasteiger partial charge in [0.05, 0.1) is 12.7 Å². The molecule has 8 atom stereocenters. The first-order valence-electron chi connectivity index (χ1n) is 16.7. The fraction of sp³-hybridized carbons (Fsp3) is 0.806. The second kappa shape index (κ2) is 15.6. The van der Waals surface area contributed by atoms with Crippen molar-refractivity contribution in [3.05, 3.63) is 42.0 Å². The van der Waals surface area contributed by atoms with Crippen molar-refractivity contribution in [2.75, 3.05) is 19.8 Å². The second-order valence-electron chi connectivity index (χ2n) is 14.0. The van der Waals surface area contributed by atoms with Gasteiger partial charge in [0.1, 0.15) is 12.7 Å². The smallest absolute Gasteiger partial charge is 0.306 e. The molecule has 3 saturated carbocycles. The fourth-order valence-corrected chi connectivity index (χ4v) is 9.20. The molecule has 50 heavy (non-hydrogen) atoms. The minimum absolute atomic E-state index is 0.0582. The van der Waals surface area contributed by atoms with Crippen LogP contribution in [0.25, 0.3) is 0 Å². The van der Waals surface area contributed by atoms with Crippen molar-refractivity contribution in [1.82, 2.24) is 0 Å². The lowest BCUT2D eigenvalue weighted by Gasteiger charge is -2.60. The summed E-state index contributed by atoms with van der Waals surface area (Å²) in [7, 11) is 0. The maximum Gasteiger partial charge on any atom is 0.306 e. The van der Waals surface area contributed by atoms with Gasteiger partial charge in [0.2, 0.25) is 5.78 Å². The van der Waals surface area contributed by atoms with E-state index in [2.05, 4.69) is 21.4 Å². The number of rotatable bonds is 18. The SMILES string of the molecule is C[C@]12CCC(=O)C=C1CCC1C3CC[C@](OC(=O)CCCO[N+](=O)[O-])(C(=O)COC(=O)CCCC(CO[N+](=O)[O-])O[N+](=O)[O-])[C@@]3(C)C[C@H](O)[C@@H]12. The Morgan fingerprint density at radius 3 is 2.34 bits per heavy atom. The lowest BCUT2D eigenvalue weighted by molar-refractivity contribution is -0.790. The van der Waals surface area contributed by atoms with Gasteiger partial charge in [0.15, 0.2) is 18.0 Å². The second-order valence-corrected chi connectivity index (χ2v) is 14.0. The molecule has 0 radical (unpaired) electrons. The van der Waals surface area contributed by atoms with E-state index in [4.69, 9.17) is 9.47 Å². The quantitative estimate of drug-likeness (QED) is 0.0926. The molecule has 19 nitrogen and oxygen atoms in total. The average Bonchev–Trinajstić information content (AvgIpc) is 3.32. The molecule has 4 aliphatic rings. The van der Waals surface area contributed by atoms with Crippen LogP contribution in [0.4, 0.5) is 0 Å². The van der Waals surface area contributed by atoms with E-state index >= 15 is 0 Å². The monoisotopic (exact) mass is 713 g/mol. The molecular formula is C31H43N3O16. The Bertz CT molecular complexity index is 1400. The standard InChI is InChI=1S/C31H43N3O16/c1-29-12-10-20(35)15-19(29)8-9-22-23-11-13-31(30(23,2)16-24(36)28(22)29,49-27(39)7-4-14-47-32(40)41)25(37)18-46-26(38)6-3-5-21(50-34(44)45)17-48-33(42)43/h15,21-24,28,36H,3-14,16-18H2,1-2H3/t21?,22?,23?,24-,28+,29-,30-,31-/m0/s1. The number of fused-ring (bicyclic) bond motifs is 5. The van der Waals surface area contributed by atoms with Crippen LogP contribution in [0.3, 0.4) is 0 Å². The topological polar surface area (TPSA) is 264 Å². The highest BCUT2D eigenvalue weighted by Gasteiger charge is 2.70. The first-order valence-corrected chi connectivity index (χ1v) is 16.7. The molecule has 278 valence electrons. The number of hydrogen-bond acceptors (Lipinski definition) is 16. The molecule has 4 aliphatic carbocycles. The molecule has 3 fully saturated rings. The van der Waals surface area contributed by atoms with Gasteiger partial charge < -0.3 is 29.1 Å². The van der Waals surface area contributed by atoms with Crippen LogP contribution in [0.15, 0.2) is 11.6 Å². The summed E-state index contributed by atoms with van der Waals surface area (Å²) in [6.45, 7) is 1.99. The summed E-state index contributed by atoms with van der Waals surface area (Å²) in [5.41, 5.74) is -2.25. The normalized spacial score (nSPS) is 31.8. The highest BCUT2D eigenvalue weighted by atomic mass is 17.0. The Morgan fingerprint density at radius 2 is 1.66 bits per heavy atom. The Hall–Kier alpha value is -4.42. The van der Waals surface area contributed by atoms with Crippen LogP contribution < -0.4 is 0 Å². The molecule has 0 saturated heterocycles. The number of aliphatic hydroxyl groups excluding tert-OH is 1. The van der Waals surface area contributed by atoms with Crippen molar-refractivity contribution in [3.8, 4) is 0 Å². The van der Waals surface area contributed by atoms with Crippen LogP contribution in [-0.2, 0) is 43.2 Å². The lowest BCUT2D eigenvalue weighted by Crippen LogP contribution is -2.63. The molecule has 19 heteroatoms. The van der Waals surface area contributed by atoms with E-state index in [1.807, 2.05) is 0 Å². The van der Waals surface area contributed by atoms with Crippen LogP contribution in [0.2, 0.25) is 0 Å². The van der Waals surface area contributed by atoms with Crippen molar-refractivity contribution in [3.63, 3.8) is 0 Å². The summed E-state index contributed by atoms with van der Waals surface area (Å²) >= 11 is 0.